The maximum Gasteiger partial charge on any atom is 0.248 e. The molecular weight excluding hydrogens is 384 g/mol. The molecule has 2 heterocycles. The second-order valence-corrected chi connectivity index (χ2v) is 6.39. The van der Waals surface area contributed by atoms with Crippen molar-refractivity contribution in [3.8, 4) is 17.2 Å². The van der Waals surface area contributed by atoms with Crippen molar-refractivity contribution in [1.82, 2.24) is 4.98 Å². The molecule has 7 heteroatoms. The molecule has 30 heavy (non-hydrogen) atoms. The molecule has 0 spiro atoms. The number of carbonyl (C=O) groups excluding carboxylic acids is 2. The van der Waals surface area contributed by atoms with Gasteiger partial charge in [-0.15, -0.1) is 0 Å². The van der Waals surface area contributed by atoms with E-state index >= 15 is 0 Å². The van der Waals surface area contributed by atoms with Crippen molar-refractivity contribution < 1.29 is 23.8 Å². The topological polar surface area (TPSA) is 101 Å². The number of hydrogen-bond acceptors (Lipinski definition) is 6. The van der Waals surface area contributed by atoms with Gasteiger partial charge in [-0.3, -0.25) is 14.6 Å². The molecule has 1 aliphatic rings. The summed E-state index contributed by atoms with van der Waals surface area (Å²) in [6.45, 7) is 0.807. The van der Waals surface area contributed by atoms with Gasteiger partial charge in [-0.1, -0.05) is 18.2 Å². The Morgan fingerprint density at radius 3 is 2.50 bits per heavy atom. The number of rotatable bonds is 5. The van der Waals surface area contributed by atoms with Crippen LogP contribution in [0.3, 0.4) is 0 Å². The molecule has 154 valence electrons. The lowest BCUT2D eigenvalue weighted by Gasteiger charge is -2.20. The highest BCUT2D eigenvalue weighted by Gasteiger charge is 2.24. The van der Waals surface area contributed by atoms with E-state index in [-0.39, 0.29) is 11.7 Å². The van der Waals surface area contributed by atoms with E-state index in [1.54, 1.807) is 48.8 Å². The number of Topliss-reactive ketones (excluding diaryl/α,β-unsaturated/α-hetero) is 1. The predicted molar refractivity (Wildman–Crippen MR) is 111 cm³/mol. The number of carbonyl (C=O) groups is 2. The Morgan fingerprint density at radius 1 is 1.13 bits per heavy atom. The summed E-state index contributed by atoms with van der Waals surface area (Å²) in [7, 11) is 1.53. The summed E-state index contributed by atoms with van der Waals surface area (Å²) < 4.78 is 16.6. The van der Waals surface area contributed by atoms with E-state index in [0.717, 1.165) is 5.56 Å². The SMILES string of the molecule is COc1cc(OCc2ccncc2)cc2c1C(=O)CCO2.NC(=O)c1ccccc1. The van der Waals surface area contributed by atoms with Crippen molar-refractivity contribution in [3.05, 3.63) is 83.7 Å². The smallest absolute Gasteiger partial charge is 0.248 e. The maximum atomic E-state index is 11.9. The number of ether oxygens (including phenoxy) is 3. The first-order valence-electron chi connectivity index (χ1n) is 9.33. The zero-order chi connectivity index (χ0) is 21.3. The molecule has 7 nitrogen and oxygen atoms in total. The Morgan fingerprint density at radius 2 is 1.87 bits per heavy atom. The monoisotopic (exact) mass is 406 g/mol. The number of amides is 1. The highest BCUT2D eigenvalue weighted by atomic mass is 16.5. The molecule has 4 rings (SSSR count). The van der Waals surface area contributed by atoms with Crippen LogP contribution in [0.1, 0.15) is 32.7 Å². The molecule has 0 radical (unpaired) electrons. The van der Waals surface area contributed by atoms with Crippen LogP contribution in [-0.4, -0.2) is 30.4 Å². The summed E-state index contributed by atoms with van der Waals surface area (Å²) >= 11 is 0. The summed E-state index contributed by atoms with van der Waals surface area (Å²) in [5.41, 5.74) is 7.04. The average Bonchev–Trinajstić information content (AvgIpc) is 2.79. The number of ketones is 1. The van der Waals surface area contributed by atoms with Gasteiger partial charge in [-0.2, -0.15) is 0 Å². The van der Waals surface area contributed by atoms with Crippen LogP contribution in [0.2, 0.25) is 0 Å². The number of primary amides is 1. The first-order chi connectivity index (χ1) is 14.6. The first kappa shape index (κ1) is 20.9. The van der Waals surface area contributed by atoms with E-state index in [1.807, 2.05) is 18.2 Å². The molecular formula is C23H22N2O5. The quantitative estimate of drug-likeness (QED) is 0.697. The van der Waals surface area contributed by atoms with E-state index in [0.29, 0.717) is 48.0 Å². The molecule has 0 bridgehead atoms. The van der Waals surface area contributed by atoms with Gasteiger partial charge in [0, 0.05) is 36.5 Å². The lowest BCUT2D eigenvalue weighted by atomic mass is 10.0. The Balaban J connectivity index is 0.000000239. The second-order valence-electron chi connectivity index (χ2n) is 6.39. The predicted octanol–water partition coefficient (Wildman–Crippen LogP) is 3.42. The van der Waals surface area contributed by atoms with E-state index in [2.05, 4.69) is 4.98 Å². The van der Waals surface area contributed by atoms with Crippen LogP contribution in [0.25, 0.3) is 0 Å². The van der Waals surface area contributed by atoms with Crippen molar-refractivity contribution in [1.29, 1.82) is 0 Å². The fourth-order valence-corrected chi connectivity index (χ4v) is 2.83. The number of pyridine rings is 1. The summed E-state index contributed by atoms with van der Waals surface area (Å²) in [5.74, 6) is 1.28. The summed E-state index contributed by atoms with van der Waals surface area (Å²) in [6, 6.07) is 16.0. The van der Waals surface area contributed by atoms with Gasteiger partial charge < -0.3 is 19.9 Å². The van der Waals surface area contributed by atoms with Crippen molar-refractivity contribution >= 4 is 11.7 Å². The van der Waals surface area contributed by atoms with Crippen LogP contribution in [0.15, 0.2) is 67.0 Å². The standard InChI is InChI=1S/C16H15NO4.C7H7NO/c1-19-14-8-12(21-10-11-2-5-17-6-3-11)9-15-16(14)13(18)4-7-20-15;8-7(9)6-4-2-1-3-5-6/h2-3,5-6,8-9H,4,7,10H2,1H3;1-5H,(H2,8,9). The third kappa shape index (κ3) is 5.35. The molecule has 2 aromatic carbocycles. The molecule has 0 saturated carbocycles. The molecule has 0 saturated heterocycles. The number of fused-ring (bicyclic) bond motifs is 1. The van der Waals surface area contributed by atoms with Gasteiger partial charge in [0.25, 0.3) is 0 Å². The average molecular weight is 406 g/mol. The Labute approximate surface area is 174 Å². The van der Waals surface area contributed by atoms with Crippen LogP contribution in [-0.2, 0) is 6.61 Å². The van der Waals surface area contributed by atoms with E-state index < -0.39 is 0 Å². The van der Waals surface area contributed by atoms with Gasteiger partial charge in [-0.25, -0.2) is 0 Å². The number of aromatic nitrogens is 1. The fraction of sp³-hybridized carbons (Fsp3) is 0.174. The van der Waals surface area contributed by atoms with E-state index in [4.69, 9.17) is 19.9 Å². The van der Waals surface area contributed by atoms with Gasteiger partial charge in [0.15, 0.2) is 5.78 Å². The van der Waals surface area contributed by atoms with Gasteiger partial charge in [-0.05, 0) is 29.8 Å². The molecule has 2 N–H and O–H groups in total. The minimum atomic E-state index is -0.379. The van der Waals surface area contributed by atoms with Crippen LogP contribution in [0.5, 0.6) is 17.2 Å². The number of nitrogens with zero attached hydrogens (tertiary/aromatic N) is 1. The number of nitrogens with two attached hydrogens (primary N) is 1. The van der Waals surface area contributed by atoms with Crippen molar-refractivity contribution in [3.63, 3.8) is 0 Å². The number of methoxy groups -OCH3 is 1. The maximum absolute atomic E-state index is 11.9. The summed E-state index contributed by atoms with van der Waals surface area (Å²) in [6.07, 6.45) is 3.81. The second kappa shape index (κ2) is 10.1. The molecule has 0 fully saturated rings. The lowest BCUT2D eigenvalue weighted by Crippen LogP contribution is -2.16. The van der Waals surface area contributed by atoms with Crippen LogP contribution < -0.4 is 19.9 Å². The Hall–Kier alpha value is -3.87. The molecule has 0 unspecified atom stereocenters. The fourth-order valence-electron chi connectivity index (χ4n) is 2.83. The van der Waals surface area contributed by atoms with Crippen LogP contribution >= 0.6 is 0 Å². The van der Waals surface area contributed by atoms with E-state index in [9.17, 15) is 9.59 Å². The van der Waals surface area contributed by atoms with Crippen LogP contribution in [0, 0.1) is 0 Å². The molecule has 0 aliphatic carbocycles. The molecule has 1 amide bonds. The zero-order valence-corrected chi connectivity index (χ0v) is 16.5. The normalized spacial score (nSPS) is 12.0. The third-order valence-corrected chi connectivity index (χ3v) is 4.34. The molecule has 3 aromatic rings. The minimum absolute atomic E-state index is 0.0359. The lowest BCUT2D eigenvalue weighted by molar-refractivity contribution is 0.0928. The van der Waals surface area contributed by atoms with Gasteiger partial charge in [0.1, 0.15) is 29.4 Å². The highest BCUT2D eigenvalue weighted by Crippen LogP contribution is 2.37. The summed E-state index contributed by atoms with van der Waals surface area (Å²) in [5, 5.41) is 0. The third-order valence-electron chi connectivity index (χ3n) is 4.34. The van der Waals surface area contributed by atoms with Gasteiger partial charge in [0.2, 0.25) is 5.91 Å². The minimum Gasteiger partial charge on any atom is -0.496 e. The van der Waals surface area contributed by atoms with Crippen LogP contribution in [0.4, 0.5) is 0 Å². The molecule has 0 atom stereocenters. The van der Waals surface area contributed by atoms with Crippen molar-refractivity contribution in [2.45, 2.75) is 13.0 Å². The van der Waals surface area contributed by atoms with E-state index in [1.165, 1.54) is 7.11 Å². The highest BCUT2D eigenvalue weighted by molar-refractivity contribution is 6.02. The molecule has 1 aromatic heterocycles. The van der Waals surface area contributed by atoms with Crippen molar-refractivity contribution in [2.75, 3.05) is 13.7 Å². The number of hydrogen-bond donors (Lipinski definition) is 1. The summed E-state index contributed by atoms with van der Waals surface area (Å²) in [4.78, 5) is 26.3. The van der Waals surface area contributed by atoms with Gasteiger partial charge in [0.05, 0.1) is 13.7 Å². The van der Waals surface area contributed by atoms with Crippen molar-refractivity contribution in [2.24, 2.45) is 5.73 Å². The Bertz CT molecular complexity index is 990. The zero-order valence-electron chi connectivity index (χ0n) is 16.5. The largest absolute Gasteiger partial charge is 0.496 e. The van der Waals surface area contributed by atoms with Gasteiger partial charge >= 0.3 is 0 Å². The first-order valence-corrected chi connectivity index (χ1v) is 9.33. The molecule has 1 aliphatic heterocycles. The Kier molecular flexibility index (Phi) is 7.00. The number of benzene rings is 2.